The number of thiophene rings is 1. The highest BCUT2D eigenvalue weighted by atomic mass is 35.5. The molecular formula is C13H12Cl2N2O2S2. The van der Waals surface area contributed by atoms with E-state index in [1.165, 1.54) is 23.1 Å². The van der Waals surface area contributed by atoms with E-state index in [4.69, 9.17) is 28.9 Å². The summed E-state index contributed by atoms with van der Waals surface area (Å²) in [7, 11) is 0. The Bertz CT molecular complexity index is 676. The highest BCUT2D eigenvalue weighted by molar-refractivity contribution is 8.01. The van der Waals surface area contributed by atoms with Gasteiger partial charge >= 0.3 is 0 Å². The average molecular weight is 363 g/mol. The first-order valence-electron chi connectivity index (χ1n) is 6.09. The summed E-state index contributed by atoms with van der Waals surface area (Å²) >= 11 is 14.6. The van der Waals surface area contributed by atoms with Crippen LogP contribution in [-0.4, -0.2) is 4.92 Å². The van der Waals surface area contributed by atoms with Crippen LogP contribution in [0.4, 0.5) is 5.69 Å². The van der Waals surface area contributed by atoms with Crippen LogP contribution in [0, 0.1) is 10.1 Å². The second kappa shape index (κ2) is 6.98. The number of rotatable bonds is 5. The quantitative estimate of drug-likeness (QED) is 0.561. The molecule has 112 valence electrons. The molecule has 1 aromatic carbocycles. The van der Waals surface area contributed by atoms with Gasteiger partial charge in [-0.2, -0.15) is 0 Å². The fourth-order valence-corrected chi connectivity index (χ4v) is 4.54. The van der Waals surface area contributed by atoms with Crippen molar-refractivity contribution in [3.8, 4) is 0 Å². The summed E-state index contributed by atoms with van der Waals surface area (Å²) in [5, 5.41) is 12.2. The Balaban J connectivity index is 2.38. The smallest absolute Gasteiger partial charge is 0.294 e. The summed E-state index contributed by atoms with van der Waals surface area (Å²) in [5.74, 6) is 0. The molecule has 1 unspecified atom stereocenters. The third kappa shape index (κ3) is 3.90. The highest BCUT2D eigenvalue weighted by Crippen LogP contribution is 2.45. The van der Waals surface area contributed by atoms with Crippen molar-refractivity contribution < 1.29 is 4.92 Å². The summed E-state index contributed by atoms with van der Waals surface area (Å²) < 4.78 is 0.572. The third-order valence-electron chi connectivity index (χ3n) is 2.80. The van der Waals surface area contributed by atoms with Gasteiger partial charge in [-0.05, 0) is 24.6 Å². The fraction of sp³-hybridized carbons (Fsp3) is 0.231. The van der Waals surface area contributed by atoms with Crippen molar-refractivity contribution in [2.75, 3.05) is 0 Å². The Labute approximate surface area is 140 Å². The van der Waals surface area contributed by atoms with E-state index in [0.717, 1.165) is 16.2 Å². The molecule has 1 aromatic heterocycles. The maximum atomic E-state index is 11.2. The van der Waals surface area contributed by atoms with Crippen molar-refractivity contribution in [3.05, 3.63) is 49.3 Å². The van der Waals surface area contributed by atoms with E-state index in [1.54, 1.807) is 24.3 Å². The van der Waals surface area contributed by atoms with Crippen LogP contribution in [0.5, 0.6) is 0 Å². The van der Waals surface area contributed by atoms with Gasteiger partial charge in [0, 0.05) is 26.9 Å². The minimum Gasteiger partial charge on any atom is -0.323 e. The van der Waals surface area contributed by atoms with Crippen LogP contribution in [0.25, 0.3) is 0 Å². The summed E-state index contributed by atoms with van der Waals surface area (Å²) in [6, 6.07) is 6.42. The number of hydrogen-bond acceptors (Lipinski definition) is 5. The molecule has 0 saturated carbocycles. The molecular weight excluding hydrogens is 351 g/mol. The van der Waals surface area contributed by atoms with Crippen LogP contribution in [-0.2, 0) is 0 Å². The molecule has 0 fully saturated rings. The molecule has 0 radical (unpaired) electrons. The Hall–Kier alpha value is -0.790. The van der Waals surface area contributed by atoms with Gasteiger partial charge in [0.25, 0.3) is 5.69 Å². The maximum absolute atomic E-state index is 11.2. The van der Waals surface area contributed by atoms with Gasteiger partial charge < -0.3 is 5.73 Å². The van der Waals surface area contributed by atoms with Crippen molar-refractivity contribution in [1.82, 2.24) is 0 Å². The van der Waals surface area contributed by atoms with Crippen molar-refractivity contribution in [2.45, 2.75) is 28.5 Å². The Kier molecular flexibility index (Phi) is 5.51. The van der Waals surface area contributed by atoms with Crippen LogP contribution < -0.4 is 5.73 Å². The number of nitrogens with two attached hydrogens (primary N) is 1. The van der Waals surface area contributed by atoms with Gasteiger partial charge in [-0.25, -0.2) is 0 Å². The lowest BCUT2D eigenvalue weighted by Crippen LogP contribution is -2.06. The van der Waals surface area contributed by atoms with E-state index in [2.05, 4.69) is 0 Å². The Morgan fingerprint density at radius 3 is 2.71 bits per heavy atom. The van der Waals surface area contributed by atoms with E-state index in [-0.39, 0.29) is 11.7 Å². The highest BCUT2D eigenvalue weighted by Gasteiger charge is 2.22. The van der Waals surface area contributed by atoms with Gasteiger partial charge in [-0.1, -0.05) is 41.9 Å². The van der Waals surface area contributed by atoms with Gasteiger partial charge in [0.15, 0.2) is 0 Å². The van der Waals surface area contributed by atoms with Crippen LogP contribution in [0.2, 0.25) is 10.0 Å². The van der Waals surface area contributed by atoms with Crippen LogP contribution in [0.15, 0.2) is 33.4 Å². The molecule has 0 saturated heterocycles. The van der Waals surface area contributed by atoms with Crippen molar-refractivity contribution in [1.29, 1.82) is 0 Å². The molecule has 1 heterocycles. The zero-order valence-corrected chi connectivity index (χ0v) is 14.2. The number of halogens is 2. The van der Waals surface area contributed by atoms with Gasteiger partial charge in [-0.15, -0.1) is 11.3 Å². The monoisotopic (exact) mass is 362 g/mol. The first-order chi connectivity index (χ1) is 9.92. The predicted octanol–water partition coefficient (Wildman–Crippen LogP) is 5.52. The number of nitro groups is 1. The van der Waals surface area contributed by atoms with Gasteiger partial charge in [0.2, 0.25) is 0 Å². The summed E-state index contributed by atoms with van der Waals surface area (Å²) in [6.45, 7) is 1.94. The molecule has 0 bridgehead atoms. The topological polar surface area (TPSA) is 69.2 Å². The summed E-state index contributed by atoms with van der Waals surface area (Å²) in [6.07, 6.45) is 0.726. The maximum Gasteiger partial charge on any atom is 0.294 e. The van der Waals surface area contributed by atoms with Gasteiger partial charge in [-0.3, -0.25) is 10.1 Å². The molecule has 0 spiro atoms. The molecule has 0 aliphatic carbocycles. The van der Waals surface area contributed by atoms with Crippen molar-refractivity contribution >= 4 is 52.0 Å². The van der Waals surface area contributed by atoms with Crippen LogP contribution in [0.1, 0.15) is 24.3 Å². The lowest BCUT2D eigenvalue weighted by molar-refractivity contribution is -0.387. The molecule has 2 rings (SSSR count). The van der Waals surface area contributed by atoms with Crippen LogP contribution in [0.3, 0.4) is 0 Å². The lowest BCUT2D eigenvalue weighted by atomic mass is 10.2. The molecule has 21 heavy (non-hydrogen) atoms. The van der Waals surface area contributed by atoms with Crippen molar-refractivity contribution in [2.24, 2.45) is 5.73 Å². The largest absolute Gasteiger partial charge is 0.323 e. The molecule has 1 atom stereocenters. The van der Waals surface area contributed by atoms with Gasteiger partial charge in [0.05, 0.1) is 9.95 Å². The first kappa shape index (κ1) is 16.6. The number of nitrogens with zero attached hydrogens (tertiary/aromatic N) is 1. The SMILES string of the molecule is CCC(N)c1cc([N+](=O)[O-])c(Sc2ccc(Cl)cc2Cl)s1. The lowest BCUT2D eigenvalue weighted by Gasteiger charge is -2.04. The molecule has 8 heteroatoms. The first-order valence-corrected chi connectivity index (χ1v) is 8.47. The van der Waals surface area contributed by atoms with E-state index in [0.29, 0.717) is 14.3 Å². The molecule has 0 aliphatic heterocycles. The fourth-order valence-electron chi connectivity index (χ4n) is 1.62. The third-order valence-corrected chi connectivity index (χ3v) is 5.98. The minimum absolute atomic E-state index is 0.0647. The van der Waals surface area contributed by atoms with E-state index in [9.17, 15) is 10.1 Å². The normalized spacial score (nSPS) is 12.4. The molecule has 0 amide bonds. The van der Waals surface area contributed by atoms with E-state index < -0.39 is 4.92 Å². The molecule has 2 N–H and O–H groups in total. The zero-order valence-electron chi connectivity index (χ0n) is 11.0. The number of benzene rings is 1. The second-order valence-electron chi connectivity index (χ2n) is 4.27. The summed E-state index contributed by atoms with van der Waals surface area (Å²) in [5.41, 5.74) is 6.02. The Morgan fingerprint density at radius 2 is 2.14 bits per heavy atom. The van der Waals surface area contributed by atoms with Crippen molar-refractivity contribution in [3.63, 3.8) is 0 Å². The number of hydrogen-bond donors (Lipinski definition) is 1. The van der Waals surface area contributed by atoms with E-state index in [1.807, 2.05) is 6.92 Å². The second-order valence-corrected chi connectivity index (χ2v) is 7.51. The Morgan fingerprint density at radius 1 is 1.43 bits per heavy atom. The molecule has 0 aliphatic rings. The molecule has 4 nitrogen and oxygen atoms in total. The van der Waals surface area contributed by atoms with Gasteiger partial charge in [0.1, 0.15) is 4.21 Å². The van der Waals surface area contributed by atoms with Crippen LogP contribution >= 0.6 is 46.3 Å². The minimum atomic E-state index is -0.394. The average Bonchev–Trinajstić information content (AvgIpc) is 2.85. The van der Waals surface area contributed by atoms with E-state index >= 15 is 0 Å². The predicted molar refractivity (Wildman–Crippen MR) is 88.8 cm³/mol. The standard InChI is InChI=1S/C13H12Cl2N2O2S2/c1-2-9(16)12-6-10(17(18)19)13(21-12)20-11-4-3-7(14)5-8(11)15/h3-6,9H,2,16H2,1H3. The molecule has 2 aromatic rings. The zero-order chi connectivity index (χ0) is 15.6. The summed E-state index contributed by atoms with van der Waals surface area (Å²) in [4.78, 5) is 12.3.